The highest BCUT2D eigenvalue weighted by molar-refractivity contribution is 4.73. The van der Waals surface area contributed by atoms with Gasteiger partial charge in [0.2, 0.25) is 0 Å². The van der Waals surface area contributed by atoms with Gasteiger partial charge in [-0.25, -0.2) is 0 Å². The van der Waals surface area contributed by atoms with Crippen molar-refractivity contribution in [3.8, 4) is 0 Å². The molecule has 1 N–H and O–H groups in total. The second-order valence-electron chi connectivity index (χ2n) is 5.44. The lowest BCUT2D eigenvalue weighted by Crippen LogP contribution is -2.38. The van der Waals surface area contributed by atoms with E-state index in [0.717, 1.165) is 12.6 Å². The molecule has 0 aromatic heterocycles. The maximum atomic E-state index is 3.50. The Kier molecular flexibility index (Phi) is 6.32. The number of likely N-dealkylation sites (N-methyl/N-ethyl adjacent to an activating group) is 1. The normalized spacial score (nSPS) is 22.3. The quantitative estimate of drug-likeness (QED) is 0.766. The summed E-state index contributed by atoms with van der Waals surface area (Å²) in [6, 6.07) is 1.33. The SMILES string of the molecule is CC(C)NCCC(C)N1CCCN(C)CC1. The van der Waals surface area contributed by atoms with E-state index in [1.54, 1.807) is 0 Å². The van der Waals surface area contributed by atoms with Crippen LogP contribution < -0.4 is 5.32 Å². The summed E-state index contributed by atoms with van der Waals surface area (Å²) in [7, 11) is 2.23. The van der Waals surface area contributed by atoms with Gasteiger partial charge in [0.1, 0.15) is 0 Å². The number of hydrogen-bond donors (Lipinski definition) is 1. The molecule has 0 saturated carbocycles. The van der Waals surface area contributed by atoms with Crippen LogP contribution in [0.2, 0.25) is 0 Å². The molecule has 96 valence electrons. The molecule has 0 aliphatic carbocycles. The Hall–Kier alpha value is -0.120. The predicted octanol–water partition coefficient (Wildman–Crippen LogP) is 1.40. The van der Waals surface area contributed by atoms with Gasteiger partial charge in [0.05, 0.1) is 0 Å². The molecular weight excluding hydrogens is 198 g/mol. The van der Waals surface area contributed by atoms with Crippen LogP contribution in [0.5, 0.6) is 0 Å². The van der Waals surface area contributed by atoms with E-state index in [-0.39, 0.29) is 0 Å². The molecule has 1 fully saturated rings. The van der Waals surface area contributed by atoms with E-state index in [2.05, 4.69) is 42.9 Å². The summed E-state index contributed by atoms with van der Waals surface area (Å²) >= 11 is 0. The second kappa shape index (κ2) is 7.25. The molecule has 0 spiro atoms. The van der Waals surface area contributed by atoms with Gasteiger partial charge < -0.3 is 10.2 Å². The van der Waals surface area contributed by atoms with Crippen molar-refractivity contribution in [3.05, 3.63) is 0 Å². The van der Waals surface area contributed by atoms with E-state index in [1.165, 1.54) is 39.0 Å². The largest absolute Gasteiger partial charge is 0.314 e. The lowest BCUT2D eigenvalue weighted by molar-refractivity contribution is 0.204. The average molecular weight is 227 g/mol. The number of hydrogen-bond acceptors (Lipinski definition) is 3. The Morgan fingerprint density at radius 3 is 2.50 bits per heavy atom. The Labute approximate surface area is 101 Å². The Morgan fingerprint density at radius 2 is 1.81 bits per heavy atom. The first kappa shape index (κ1) is 13.9. The number of nitrogens with zero attached hydrogens (tertiary/aromatic N) is 2. The minimum absolute atomic E-state index is 0.613. The van der Waals surface area contributed by atoms with Gasteiger partial charge >= 0.3 is 0 Å². The summed E-state index contributed by atoms with van der Waals surface area (Å²) in [4.78, 5) is 5.09. The summed E-state index contributed by atoms with van der Waals surface area (Å²) < 4.78 is 0. The lowest BCUT2D eigenvalue weighted by Gasteiger charge is -2.28. The zero-order chi connectivity index (χ0) is 12.0. The molecule has 0 aromatic rings. The summed E-state index contributed by atoms with van der Waals surface area (Å²) in [5, 5.41) is 3.50. The lowest BCUT2D eigenvalue weighted by atomic mass is 10.2. The van der Waals surface area contributed by atoms with E-state index in [1.807, 2.05) is 0 Å². The smallest absolute Gasteiger partial charge is 0.0112 e. The molecule has 1 aliphatic rings. The molecule has 3 heteroatoms. The van der Waals surface area contributed by atoms with Gasteiger partial charge in [0.25, 0.3) is 0 Å². The van der Waals surface area contributed by atoms with Crippen LogP contribution in [0.15, 0.2) is 0 Å². The topological polar surface area (TPSA) is 18.5 Å². The molecule has 16 heavy (non-hydrogen) atoms. The number of rotatable bonds is 5. The zero-order valence-corrected chi connectivity index (χ0v) is 11.5. The molecule has 1 unspecified atom stereocenters. The Bertz CT molecular complexity index is 182. The van der Waals surface area contributed by atoms with Crippen LogP contribution in [0.3, 0.4) is 0 Å². The van der Waals surface area contributed by atoms with Gasteiger partial charge in [0, 0.05) is 25.2 Å². The second-order valence-corrected chi connectivity index (χ2v) is 5.44. The first-order valence-corrected chi connectivity index (χ1v) is 6.75. The summed E-state index contributed by atoms with van der Waals surface area (Å²) in [6.07, 6.45) is 2.58. The van der Waals surface area contributed by atoms with E-state index >= 15 is 0 Å². The molecule has 1 heterocycles. The van der Waals surface area contributed by atoms with Crippen molar-refractivity contribution in [2.75, 3.05) is 39.8 Å². The van der Waals surface area contributed by atoms with Gasteiger partial charge in [-0.1, -0.05) is 13.8 Å². The van der Waals surface area contributed by atoms with Crippen molar-refractivity contribution in [2.45, 2.75) is 45.7 Å². The van der Waals surface area contributed by atoms with Crippen LogP contribution in [-0.2, 0) is 0 Å². The maximum Gasteiger partial charge on any atom is 0.0112 e. The first-order chi connectivity index (χ1) is 7.59. The van der Waals surface area contributed by atoms with E-state index in [9.17, 15) is 0 Å². The molecule has 1 rings (SSSR count). The number of nitrogens with one attached hydrogen (secondary N) is 1. The van der Waals surface area contributed by atoms with Crippen LogP contribution in [0.4, 0.5) is 0 Å². The van der Waals surface area contributed by atoms with E-state index < -0.39 is 0 Å². The highest BCUT2D eigenvalue weighted by Gasteiger charge is 2.16. The van der Waals surface area contributed by atoms with Crippen LogP contribution in [0.1, 0.15) is 33.6 Å². The Balaban J connectivity index is 2.21. The van der Waals surface area contributed by atoms with Crippen molar-refractivity contribution >= 4 is 0 Å². The van der Waals surface area contributed by atoms with Gasteiger partial charge in [-0.2, -0.15) is 0 Å². The molecule has 1 saturated heterocycles. The molecule has 3 nitrogen and oxygen atoms in total. The maximum absolute atomic E-state index is 3.50. The highest BCUT2D eigenvalue weighted by atomic mass is 15.2. The summed E-state index contributed by atoms with van der Waals surface area (Å²) in [5.41, 5.74) is 0. The van der Waals surface area contributed by atoms with Crippen LogP contribution in [-0.4, -0.2) is 61.7 Å². The fourth-order valence-electron chi connectivity index (χ4n) is 2.27. The predicted molar refractivity (Wildman–Crippen MR) is 70.9 cm³/mol. The van der Waals surface area contributed by atoms with Crippen molar-refractivity contribution in [3.63, 3.8) is 0 Å². The first-order valence-electron chi connectivity index (χ1n) is 6.75. The molecule has 0 bridgehead atoms. The van der Waals surface area contributed by atoms with E-state index in [0.29, 0.717) is 6.04 Å². The molecule has 1 atom stereocenters. The van der Waals surface area contributed by atoms with Gasteiger partial charge in [-0.3, -0.25) is 4.90 Å². The van der Waals surface area contributed by atoms with Gasteiger partial charge in [-0.05, 0) is 46.4 Å². The van der Waals surface area contributed by atoms with Crippen LogP contribution in [0, 0.1) is 0 Å². The third kappa shape index (κ3) is 5.28. The summed E-state index contributed by atoms with van der Waals surface area (Å²) in [6.45, 7) is 12.9. The van der Waals surface area contributed by atoms with Crippen molar-refractivity contribution in [1.29, 1.82) is 0 Å². The van der Waals surface area contributed by atoms with Crippen LogP contribution >= 0.6 is 0 Å². The zero-order valence-electron chi connectivity index (χ0n) is 11.5. The van der Waals surface area contributed by atoms with Crippen molar-refractivity contribution in [2.24, 2.45) is 0 Å². The molecule has 0 radical (unpaired) electrons. The average Bonchev–Trinajstić information content (AvgIpc) is 2.42. The minimum Gasteiger partial charge on any atom is -0.314 e. The minimum atomic E-state index is 0.613. The third-order valence-electron chi connectivity index (χ3n) is 3.49. The fourth-order valence-corrected chi connectivity index (χ4v) is 2.27. The monoisotopic (exact) mass is 227 g/mol. The molecule has 0 aromatic carbocycles. The van der Waals surface area contributed by atoms with Crippen molar-refractivity contribution < 1.29 is 0 Å². The van der Waals surface area contributed by atoms with E-state index in [4.69, 9.17) is 0 Å². The summed E-state index contributed by atoms with van der Waals surface area (Å²) in [5.74, 6) is 0. The van der Waals surface area contributed by atoms with Crippen molar-refractivity contribution in [1.82, 2.24) is 15.1 Å². The Morgan fingerprint density at radius 1 is 1.06 bits per heavy atom. The van der Waals surface area contributed by atoms with Gasteiger partial charge in [0.15, 0.2) is 0 Å². The van der Waals surface area contributed by atoms with Crippen LogP contribution in [0.25, 0.3) is 0 Å². The molecule has 1 aliphatic heterocycles. The molecule has 0 amide bonds. The highest BCUT2D eigenvalue weighted by Crippen LogP contribution is 2.08. The van der Waals surface area contributed by atoms with Gasteiger partial charge in [-0.15, -0.1) is 0 Å². The molecular formula is C13H29N3. The third-order valence-corrected chi connectivity index (χ3v) is 3.49. The standard InChI is InChI=1S/C13H29N3/c1-12(2)14-7-6-13(3)16-9-5-8-15(4)10-11-16/h12-14H,5-11H2,1-4H3. The fraction of sp³-hybridized carbons (Fsp3) is 1.00.